The fourth-order valence-corrected chi connectivity index (χ4v) is 2.78. The molecule has 0 radical (unpaired) electrons. The van der Waals surface area contributed by atoms with E-state index in [9.17, 15) is 10.1 Å². The van der Waals surface area contributed by atoms with E-state index in [4.69, 9.17) is 9.47 Å². The molecule has 0 heterocycles. The molecule has 3 rings (SSSR count). The Morgan fingerprint density at radius 3 is 2.55 bits per heavy atom. The Balaban J connectivity index is 1.61. The Bertz CT molecular complexity index is 1090. The number of nitrogens with one attached hydrogen (secondary N) is 1. The van der Waals surface area contributed by atoms with Crippen molar-refractivity contribution in [3.05, 3.63) is 95.1 Å². The number of rotatable bonds is 9. The number of benzene rings is 3. The summed E-state index contributed by atoms with van der Waals surface area (Å²) in [5.41, 5.74) is 5.09. The minimum atomic E-state index is -0.320. The molecule has 0 aliphatic carbocycles. The van der Waals surface area contributed by atoms with Gasteiger partial charge in [-0.05, 0) is 48.9 Å². The lowest BCUT2D eigenvalue weighted by Gasteiger charge is -2.10. The maximum absolute atomic E-state index is 12.3. The molecule has 156 valence electrons. The van der Waals surface area contributed by atoms with Crippen molar-refractivity contribution in [3.8, 4) is 17.6 Å². The Morgan fingerprint density at radius 2 is 1.77 bits per heavy atom. The molecular weight excluding hydrogens is 390 g/mol. The van der Waals surface area contributed by atoms with Crippen LogP contribution in [0.25, 0.3) is 0 Å². The molecule has 0 saturated heterocycles. The summed E-state index contributed by atoms with van der Waals surface area (Å²) in [6.45, 7) is 2.93. The van der Waals surface area contributed by atoms with E-state index in [0.717, 1.165) is 17.7 Å². The van der Waals surface area contributed by atoms with E-state index in [1.807, 2.05) is 49.4 Å². The fourth-order valence-electron chi connectivity index (χ4n) is 2.78. The maximum atomic E-state index is 12.3. The van der Waals surface area contributed by atoms with Gasteiger partial charge in [-0.25, -0.2) is 5.43 Å². The summed E-state index contributed by atoms with van der Waals surface area (Å²) in [6, 6.07) is 23.7. The van der Waals surface area contributed by atoms with Gasteiger partial charge in [0.1, 0.15) is 18.1 Å². The van der Waals surface area contributed by atoms with Crippen LogP contribution in [0.15, 0.2) is 77.9 Å². The molecule has 3 aromatic rings. The average molecular weight is 413 g/mol. The van der Waals surface area contributed by atoms with E-state index in [1.165, 1.54) is 6.21 Å². The van der Waals surface area contributed by atoms with Gasteiger partial charge in [0.25, 0.3) is 5.91 Å². The van der Waals surface area contributed by atoms with Gasteiger partial charge in [0, 0.05) is 16.7 Å². The number of hydrogen-bond donors (Lipinski definition) is 1. The van der Waals surface area contributed by atoms with Gasteiger partial charge in [0.2, 0.25) is 0 Å². The first-order chi connectivity index (χ1) is 15.2. The lowest BCUT2D eigenvalue weighted by molar-refractivity contribution is 0.0955. The van der Waals surface area contributed by atoms with E-state index < -0.39 is 0 Å². The maximum Gasteiger partial charge on any atom is 0.271 e. The number of ether oxygens (including phenoxy) is 2. The average Bonchev–Trinajstić information content (AvgIpc) is 2.82. The van der Waals surface area contributed by atoms with Crippen molar-refractivity contribution in [2.24, 2.45) is 5.10 Å². The molecule has 0 aromatic heterocycles. The quantitative estimate of drug-likeness (QED) is 0.407. The molecule has 1 amide bonds. The second kappa shape index (κ2) is 11.2. The van der Waals surface area contributed by atoms with E-state index >= 15 is 0 Å². The first-order valence-corrected chi connectivity index (χ1v) is 9.97. The molecule has 31 heavy (non-hydrogen) atoms. The zero-order valence-corrected chi connectivity index (χ0v) is 17.2. The van der Waals surface area contributed by atoms with Crippen molar-refractivity contribution in [2.75, 3.05) is 6.61 Å². The molecule has 0 aliphatic heterocycles. The summed E-state index contributed by atoms with van der Waals surface area (Å²) in [6.07, 6.45) is 2.45. The van der Waals surface area contributed by atoms with E-state index in [-0.39, 0.29) is 12.5 Å². The Hall–Kier alpha value is -4.11. The van der Waals surface area contributed by atoms with Crippen LogP contribution >= 0.6 is 0 Å². The van der Waals surface area contributed by atoms with Crippen molar-refractivity contribution < 1.29 is 14.3 Å². The molecule has 1 N–H and O–H groups in total. The standard InChI is InChI=1S/C25H23N3O3/c1-2-15-30-23-13-11-19(12-14-23)25(29)28-27-17-21-8-5-6-10-24(21)31-18-22-9-4-3-7-20(22)16-26/h3-14,17H,2,15,18H2,1H3,(H,28,29)/b27-17+. The second-order valence-electron chi connectivity index (χ2n) is 6.67. The summed E-state index contributed by atoms with van der Waals surface area (Å²) in [4.78, 5) is 12.3. The van der Waals surface area contributed by atoms with Gasteiger partial charge in [-0.2, -0.15) is 10.4 Å². The SMILES string of the molecule is CCCOc1ccc(C(=O)N/N=C/c2ccccc2OCc2ccccc2C#N)cc1. The van der Waals surface area contributed by atoms with Crippen LogP contribution in [-0.2, 0) is 6.61 Å². The largest absolute Gasteiger partial charge is 0.494 e. The summed E-state index contributed by atoms with van der Waals surface area (Å²) in [7, 11) is 0. The summed E-state index contributed by atoms with van der Waals surface area (Å²) >= 11 is 0. The molecule has 0 aliphatic rings. The number of nitriles is 1. The van der Waals surface area contributed by atoms with Crippen LogP contribution < -0.4 is 14.9 Å². The molecule has 0 atom stereocenters. The number of hydrazone groups is 1. The van der Waals surface area contributed by atoms with E-state index in [2.05, 4.69) is 16.6 Å². The van der Waals surface area contributed by atoms with Crippen LogP contribution in [0.4, 0.5) is 0 Å². The van der Waals surface area contributed by atoms with Gasteiger partial charge in [-0.15, -0.1) is 0 Å². The first kappa shape index (κ1) is 21.6. The highest BCUT2D eigenvalue weighted by Gasteiger charge is 2.06. The topological polar surface area (TPSA) is 83.7 Å². The normalized spacial score (nSPS) is 10.5. The van der Waals surface area contributed by atoms with Crippen molar-refractivity contribution in [1.82, 2.24) is 5.43 Å². The third-order valence-corrected chi connectivity index (χ3v) is 4.40. The van der Waals surface area contributed by atoms with E-state index in [0.29, 0.717) is 29.0 Å². The van der Waals surface area contributed by atoms with Crippen LogP contribution in [0.2, 0.25) is 0 Å². The molecule has 0 saturated carbocycles. The highest BCUT2D eigenvalue weighted by molar-refractivity contribution is 5.95. The number of carbonyl (C=O) groups is 1. The highest BCUT2D eigenvalue weighted by Crippen LogP contribution is 2.19. The van der Waals surface area contributed by atoms with Crippen molar-refractivity contribution in [1.29, 1.82) is 5.26 Å². The number of carbonyl (C=O) groups excluding carboxylic acids is 1. The van der Waals surface area contributed by atoms with Gasteiger partial charge in [0.05, 0.1) is 24.5 Å². The van der Waals surface area contributed by atoms with Crippen molar-refractivity contribution >= 4 is 12.1 Å². The first-order valence-electron chi connectivity index (χ1n) is 9.97. The molecule has 6 heteroatoms. The zero-order chi connectivity index (χ0) is 21.9. The number of nitrogens with zero attached hydrogens (tertiary/aromatic N) is 2. The molecule has 0 unspecified atom stereocenters. The van der Waals surface area contributed by atoms with Gasteiger partial charge < -0.3 is 9.47 Å². The van der Waals surface area contributed by atoms with E-state index in [1.54, 1.807) is 30.3 Å². The predicted octanol–water partition coefficient (Wildman–Crippen LogP) is 4.69. The molecule has 0 spiro atoms. The minimum Gasteiger partial charge on any atom is -0.494 e. The van der Waals surface area contributed by atoms with Crippen LogP contribution in [-0.4, -0.2) is 18.7 Å². The highest BCUT2D eigenvalue weighted by atomic mass is 16.5. The summed E-state index contributed by atoms with van der Waals surface area (Å²) in [5, 5.41) is 13.3. The zero-order valence-electron chi connectivity index (χ0n) is 17.2. The Morgan fingerprint density at radius 1 is 1.03 bits per heavy atom. The third-order valence-electron chi connectivity index (χ3n) is 4.40. The van der Waals surface area contributed by atoms with Gasteiger partial charge >= 0.3 is 0 Å². The molecule has 3 aromatic carbocycles. The smallest absolute Gasteiger partial charge is 0.271 e. The Kier molecular flexibility index (Phi) is 7.78. The van der Waals surface area contributed by atoms with Crippen LogP contribution in [0.5, 0.6) is 11.5 Å². The molecule has 6 nitrogen and oxygen atoms in total. The van der Waals surface area contributed by atoms with Gasteiger partial charge in [-0.3, -0.25) is 4.79 Å². The molecule has 0 bridgehead atoms. The monoisotopic (exact) mass is 413 g/mol. The number of amides is 1. The third kappa shape index (κ3) is 6.18. The Labute approximate surface area is 181 Å². The van der Waals surface area contributed by atoms with Crippen LogP contribution in [0.3, 0.4) is 0 Å². The number of para-hydroxylation sites is 1. The minimum absolute atomic E-state index is 0.257. The van der Waals surface area contributed by atoms with Crippen LogP contribution in [0, 0.1) is 11.3 Å². The number of hydrogen-bond acceptors (Lipinski definition) is 5. The van der Waals surface area contributed by atoms with Crippen molar-refractivity contribution in [3.63, 3.8) is 0 Å². The van der Waals surface area contributed by atoms with Gasteiger partial charge in [-0.1, -0.05) is 37.3 Å². The molecular formula is C25H23N3O3. The second-order valence-corrected chi connectivity index (χ2v) is 6.67. The molecule has 0 fully saturated rings. The summed E-state index contributed by atoms with van der Waals surface area (Å²) < 4.78 is 11.4. The fraction of sp³-hybridized carbons (Fsp3) is 0.160. The summed E-state index contributed by atoms with van der Waals surface area (Å²) in [5.74, 6) is 1.01. The van der Waals surface area contributed by atoms with Gasteiger partial charge in [0.15, 0.2) is 0 Å². The lowest BCUT2D eigenvalue weighted by Crippen LogP contribution is -2.17. The lowest BCUT2D eigenvalue weighted by atomic mass is 10.1. The predicted molar refractivity (Wildman–Crippen MR) is 119 cm³/mol. The van der Waals surface area contributed by atoms with Crippen LogP contribution in [0.1, 0.15) is 40.4 Å². The van der Waals surface area contributed by atoms with Crippen molar-refractivity contribution in [2.45, 2.75) is 20.0 Å².